The molecule has 2 fully saturated rings. The van der Waals surface area contributed by atoms with E-state index in [1.54, 1.807) is 4.31 Å². The lowest BCUT2D eigenvalue weighted by molar-refractivity contribution is 0.200. The van der Waals surface area contributed by atoms with Crippen molar-refractivity contribution in [3.8, 4) is 12.3 Å². The third kappa shape index (κ3) is 1.88. The molecule has 2 aliphatic heterocycles. The number of rotatable bonds is 2. The van der Waals surface area contributed by atoms with Crippen LogP contribution >= 0.6 is 0 Å². The molecule has 0 aliphatic carbocycles. The maximum Gasteiger partial charge on any atom is 0.283 e. The van der Waals surface area contributed by atoms with Crippen LogP contribution in [0, 0.1) is 12.3 Å². The molecule has 0 amide bonds. The maximum absolute atomic E-state index is 12.1. The number of terminal acetylenes is 1. The van der Waals surface area contributed by atoms with Crippen molar-refractivity contribution in [2.24, 2.45) is 0 Å². The predicted molar refractivity (Wildman–Crippen MR) is 57.3 cm³/mol. The van der Waals surface area contributed by atoms with Gasteiger partial charge in [-0.25, -0.2) is 0 Å². The second-order valence-corrected chi connectivity index (χ2v) is 5.70. The van der Waals surface area contributed by atoms with Crippen molar-refractivity contribution in [2.45, 2.75) is 12.5 Å². The molecule has 2 heterocycles. The van der Waals surface area contributed by atoms with Crippen molar-refractivity contribution >= 4 is 10.2 Å². The first-order valence-corrected chi connectivity index (χ1v) is 6.47. The van der Waals surface area contributed by atoms with E-state index in [-0.39, 0.29) is 12.6 Å². The monoisotopic (exact) mass is 229 g/mol. The van der Waals surface area contributed by atoms with E-state index in [0.717, 1.165) is 19.5 Å². The van der Waals surface area contributed by atoms with E-state index in [9.17, 15) is 8.42 Å². The first kappa shape index (κ1) is 10.9. The smallest absolute Gasteiger partial charge is 0.283 e. The predicted octanol–water partition coefficient (Wildman–Crippen LogP) is -1.16. The van der Waals surface area contributed by atoms with Crippen LogP contribution in [-0.2, 0) is 10.2 Å². The van der Waals surface area contributed by atoms with Crippen molar-refractivity contribution < 1.29 is 8.42 Å². The van der Waals surface area contributed by atoms with E-state index in [2.05, 4.69) is 11.2 Å². The zero-order valence-corrected chi connectivity index (χ0v) is 9.33. The fourth-order valence-corrected chi connectivity index (χ4v) is 3.67. The summed E-state index contributed by atoms with van der Waals surface area (Å²) in [5, 5.41) is 3.08. The summed E-state index contributed by atoms with van der Waals surface area (Å²) in [6.45, 7) is 2.85. The minimum Gasteiger partial charge on any atom is -0.313 e. The third-order valence-corrected chi connectivity index (χ3v) is 4.88. The summed E-state index contributed by atoms with van der Waals surface area (Å²) in [7, 11) is -3.30. The molecule has 2 saturated heterocycles. The highest BCUT2D eigenvalue weighted by Gasteiger charge is 2.39. The van der Waals surface area contributed by atoms with Gasteiger partial charge in [0.1, 0.15) is 0 Å². The van der Waals surface area contributed by atoms with Gasteiger partial charge >= 0.3 is 0 Å². The van der Waals surface area contributed by atoms with E-state index in [4.69, 9.17) is 6.42 Å². The maximum atomic E-state index is 12.1. The van der Waals surface area contributed by atoms with Gasteiger partial charge in [0.15, 0.2) is 0 Å². The lowest BCUT2D eigenvalue weighted by atomic mass is 10.2. The Labute approximate surface area is 90.6 Å². The second-order valence-electron chi connectivity index (χ2n) is 3.82. The molecule has 0 unspecified atom stereocenters. The van der Waals surface area contributed by atoms with Gasteiger partial charge in [0, 0.05) is 26.2 Å². The molecule has 0 saturated carbocycles. The summed E-state index contributed by atoms with van der Waals surface area (Å²) in [5.41, 5.74) is 0. The molecule has 2 rings (SSSR count). The number of hydrogen-bond acceptors (Lipinski definition) is 3. The van der Waals surface area contributed by atoms with E-state index in [1.165, 1.54) is 4.31 Å². The number of hydrogen-bond donors (Lipinski definition) is 1. The molecular weight excluding hydrogens is 214 g/mol. The molecule has 0 radical (unpaired) electrons. The summed E-state index contributed by atoms with van der Waals surface area (Å²) < 4.78 is 27.1. The molecule has 0 aromatic rings. The molecule has 1 N–H and O–H groups in total. The Hall–Kier alpha value is -0.610. The van der Waals surface area contributed by atoms with Crippen molar-refractivity contribution in [3.05, 3.63) is 0 Å². The summed E-state index contributed by atoms with van der Waals surface area (Å²) in [6.07, 6.45) is 6.02. The highest BCUT2D eigenvalue weighted by molar-refractivity contribution is 7.86. The molecule has 6 heteroatoms. The highest BCUT2D eigenvalue weighted by Crippen LogP contribution is 2.20. The van der Waals surface area contributed by atoms with Crippen LogP contribution in [0.3, 0.4) is 0 Å². The second kappa shape index (κ2) is 4.10. The Morgan fingerprint density at radius 3 is 2.67 bits per heavy atom. The Bertz CT molecular complexity index is 369. The van der Waals surface area contributed by atoms with Crippen LogP contribution in [0.5, 0.6) is 0 Å². The van der Waals surface area contributed by atoms with Gasteiger partial charge in [-0.05, 0) is 6.42 Å². The molecule has 15 heavy (non-hydrogen) atoms. The number of nitrogens with one attached hydrogen (secondary N) is 1. The van der Waals surface area contributed by atoms with Gasteiger partial charge in [-0.3, -0.25) is 0 Å². The molecule has 84 valence electrons. The van der Waals surface area contributed by atoms with Crippen LogP contribution in [0.15, 0.2) is 0 Å². The first-order valence-electron chi connectivity index (χ1n) is 5.07. The molecule has 0 aromatic carbocycles. The average Bonchev–Trinajstić information content (AvgIpc) is 2.09. The van der Waals surface area contributed by atoms with Crippen molar-refractivity contribution in [1.29, 1.82) is 0 Å². The van der Waals surface area contributed by atoms with E-state index in [0.29, 0.717) is 13.1 Å². The molecule has 5 nitrogen and oxygen atoms in total. The van der Waals surface area contributed by atoms with Crippen molar-refractivity contribution in [3.63, 3.8) is 0 Å². The fraction of sp³-hybridized carbons (Fsp3) is 0.778. The standard InChI is InChI=1S/C9H15N3O2S/c1-2-4-11-5-3-6-12(15(11,13)14)9-7-10-8-9/h1,9-10H,3-8H2. The van der Waals surface area contributed by atoms with Gasteiger partial charge in [-0.15, -0.1) is 6.42 Å². The Balaban J connectivity index is 2.15. The van der Waals surface area contributed by atoms with Gasteiger partial charge in [-0.2, -0.15) is 17.0 Å². The average molecular weight is 229 g/mol. The fourth-order valence-electron chi connectivity index (χ4n) is 1.89. The van der Waals surface area contributed by atoms with Crippen LogP contribution in [0.25, 0.3) is 0 Å². The molecule has 2 aliphatic rings. The third-order valence-electron chi connectivity index (χ3n) is 2.84. The van der Waals surface area contributed by atoms with Gasteiger partial charge in [0.05, 0.1) is 12.6 Å². The van der Waals surface area contributed by atoms with Gasteiger partial charge < -0.3 is 5.32 Å². The normalized spacial score (nSPS) is 28.2. The quantitative estimate of drug-likeness (QED) is 0.608. The molecule has 0 bridgehead atoms. The molecular formula is C9H15N3O2S. The van der Waals surface area contributed by atoms with E-state index >= 15 is 0 Å². The Morgan fingerprint density at radius 1 is 1.40 bits per heavy atom. The van der Waals surface area contributed by atoms with Crippen LogP contribution < -0.4 is 5.32 Å². The lowest BCUT2D eigenvalue weighted by Crippen LogP contribution is -2.63. The SMILES string of the molecule is C#CCN1CCCN(C2CNC2)S1(=O)=O. The van der Waals surface area contributed by atoms with Crippen LogP contribution in [0.1, 0.15) is 6.42 Å². The minimum absolute atomic E-state index is 0.121. The molecule has 0 spiro atoms. The molecule has 0 aromatic heterocycles. The zero-order valence-electron chi connectivity index (χ0n) is 8.52. The zero-order chi connectivity index (χ0) is 10.9. The first-order chi connectivity index (χ1) is 7.16. The van der Waals surface area contributed by atoms with Crippen molar-refractivity contribution in [1.82, 2.24) is 13.9 Å². The van der Waals surface area contributed by atoms with Gasteiger partial charge in [0.2, 0.25) is 0 Å². The van der Waals surface area contributed by atoms with Crippen LogP contribution in [0.2, 0.25) is 0 Å². The number of nitrogens with zero attached hydrogens (tertiary/aromatic N) is 2. The topological polar surface area (TPSA) is 52.6 Å². The van der Waals surface area contributed by atoms with Crippen LogP contribution in [-0.4, -0.2) is 55.8 Å². The summed E-state index contributed by atoms with van der Waals surface area (Å²) >= 11 is 0. The van der Waals surface area contributed by atoms with Crippen LogP contribution in [0.4, 0.5) is 0 Å². The molecule has 0 atom stereocenters. The van der Waals surface area contributed by atoms with E-state index in [1.807, 2.05) is 0 Å². The minimum atomic E-state index is -3.30. The highest BCUT2D eigenvalue weighted by atomic mass is 32.2. The Morgan fingerprint density at radius 2 is 2.13 bits per heavy atom. The summed E-state index contributed by atoms with van der Waals surface area (Å²) in [5.74, 6) is 2.39. The summed E-state index contributed by atoms with van der Waals surface area (Å²) in [4.78, 5) is 0. The lowest BCUT2D eigenvalue weighted by Gasteiger charge is -2.42. The van der Waals surface area contributed by atoms with E-state index < -0.39 is 10.2 Å². The van der Waals surface area contributed by atoms with Gasteiger partial charge in [0.25, 0.3) is 10.2 Å². The van der Waals surface area contributed by atoms with Gasteiger partial charge in [-0.1, -0.05) is 5.92 Å². The largest absolute Gasteiger partial charge is 0.313 e. The summed E-state index contributed by atoms with van der Waals surface area (Å²) in [6, 6.07) is 0.121. The Kier molecular flexibility index (Phi) is 2.98. The van der Waals surface area contributed by atoms with Crippen molar-refractivity contribution in [2.75, 3.05) is 32.7 Å².